The van der Waals surface area contributed by atoms with Crippen molar-refractivity contribution in [3.63, 3.8) is 0 Å². The lowest BCUT2D eigenvalue weighted by Crippen LogP contribution is -2.27. The Hall–Kier alpha value is -2.27. The molecule has 0 aromatic heterocycles. The molecule has 0 aliphatic carbocycles. The molecule has 0 bridgehead atoms. The molecule has 4 heteroatoms. The van der Waals surface area contributed by atoms with Gasteiger partial charge >= 0.3 is 0 Å². The Labute approximate surface area is 157 Å². The van der Waals surface area contributed by atoms with Crippen LogP contribution in [0.1, 0.15) is 19.4 Å². The van der Waals surface area contributed by atoms with Gasteiger partial charge in [0.25, 0.3) is 0 Å². The summed E-state index contributed by atoms with van der Waals surface area (Å²) < 4.78 is 23.7. The smallest absolute Gasteiger partial charge is 0.116 e. The average Bonchev–Trinajstić information content (AvgIpc) is 2.66. The van der Waals surface area contributed by atoms with Crippen LogP contribution in [0, 0.1) is 0 Å². The highest BCUT2D eigenvalue weighted by atomic mass is 19.3. The summed E-state index contributed by atoms with van der Waals surface area (Å²) in [6.45, 7) is 4.41. The molecule has 4 aromatic carbocycles. The van der Waals surface area contributed by atoms with Gasteiger partial charge in [-0.2, -0.15) is 4.94 Å². The molecule has 0 aliphatic rings. The molecule has 0 fully saturated rings. The lowest BCUT2D eigenvalue weighted by atomic mass is 9.92. The fourth-order valence-corrected chi connectivity index (χ4v) is 3.80. The van der Waals surface area contributed by atoms with Gasteiger partial charge < -0.3 is 9.47 Å². The molecule has 1 unspecified atom stereocenters. The van der Waals surface area contributed by atoms with E-state index in [1.54, 1.807) is 0 Å². The maximum atomic E-state index is 12.2. The predicted octanol–water partition coefficient (Wildman–Crippen LogP) is 5.80. The van der Waals surface area contributed by atoms with Crippen molar-refractivity contribution in [3.8, 4) is 0 Å². The average molecular weight is 366 g/mol. The van der Waals surface area contributed by atoms with Crippen molar-refractivity contribution in [1.29, 1.82) is 0 Å². The van der Waals surface area contributed by atoms with Gasteiger partial charge in [0, 0.05) is 0 Å². The van der Waals surface area contributed by atoms with E-state index in [2.05, 4.69) is 59.5 Å². The maximum absolute atomic E-state index is 12.2. The van der Waals surface area contributed by atoms with Gasteiger partial charge in [-0.1, -0.05) is 54.6 Å². The summed E-state index contributed by atoms with van der Waals surface area (Å²) in [6.07, 6.45) is -0.432. The van der Waals surface area contributed by atoms with E-state index < -0.39 is 6.10 Å². The lowest BCUT2D eigenvalue weighted by molar-refractivity contribution is -0.182. The third-order valence-corrected chi connectivity index (χ3v) is 4.89. The van der Waals surface area contributed by atoms with E-state index in [1.807, 2.05) is 13.8 Å². The number of ether oxygens (including phenoxy) is 2. The van der Waals surface area contributed by atoms with Crippen LogP contribution in [0.25, 0.3) is 32.3 Å². The van der Waals surface area contributed by atoms with Gasteiger partial charge in [-0.05, 0) is 56.3 Å². The zero-order chi connectivity index (χ0) is 18.8. The summed E-state index contributed by atoms with van der Waals surface area (Å²) in [7, 11) is 0. The molecule has 140 valence electrons. The van der Waals surface area contributed by atoms with Gasteiger partial charge in [0.15, 0.2) is 0 Å². The van der Waals surface area contributed by atoms with Crippen molar-refractivity contribution in [3.05, 3.63) is 60.2 Å². The van der Waals surface area contributed by atoms with Crippen LogP contribution < -0.4 is 0 Å². The molecular weight excluding hydrogens is 343 g/mol. The van der Waals surface area contributed by atoms with Gasteiger partial charge in [0.1, 0.15) is 12.7 Å². The van der Waals surface area contributed by atoms with Crippen LogP contribution in [0.4, 0.5) is 4.53 Å². The quantitative estimate of drug-likeness (QED) is 0.369. The standard InChI is InChI=1S/C23H23FO3/c1-15(2)27-20(14-26-24)13-25-12-19-9-8-18-7-6-16-4-3-5-17-10-11-21(19)23(18)22(16)17/h3-11,15,20H,12-14H2,1-2H3. The highest BCUT2D eigenvalue weighted by Crippen LogP contribution is 2.36. The Morgan fingerprint density at radius 2 is 1.48 bits per heavy atom. The normalized spacial score (nSPS) is 13.3. The summed E-state index contributed by atoms with van der Waals surface area (Å²) in [5.41, 5.74) is 1.12. The fourth-order valence-electron chi connectivity index (χ4n) is 3.80. The number of hydrogen-bond donors (Lipinski definition) is 0. The van der Waals surface area contributed by atoms with E-state index in [0.717, 1.165) is 5.56 Å². The maximum Gasteiger partial charge on any atom is 0.116 e. The Morgan fingerprint density at radius 3 is 2.19 bits per heavy atom. The van der Waals surface area contributed by atoms with E-state index in [1.165, 1.54) is 32.3 Å². The minimum Gasteiger partial charge on any atom is -0.374 e. The molecule has 0 amide bonds. The van der Waals surface area contributed by atoms with E-state index in [4.69, 9.17) is 9.47 Å². The minimum absolute atomic E-state index is 0.0108. The van der Waals surface area contributed by atoms with Gasteiger partial charge in [-0.25, -0.2) is 0 Å². The van der Waals surface area contributed by atoms with E-state index in [9.17, 15) is 4.53 Å². The first-order valence-corrected chi connectivity index (χ1v) is 9.29. The minimum atomic E-state index is -0.421. The van der Waals surface area contributed by atoms with Crippen LogP contribution in [-0.4, -0.2) is 25.4 Å². The van der Waals surface area contributed by atoms with Crippen molar-refractivity contribution >= 4 is 32.3 Å². The van der Waals surface area contributed by atoms with Crippen LogP contribution in [0.5, 0.6) is 0 Å². The molecule has 0 heterocycles. The lowest BCUT2D eigenvalue weighted by Gasteiger charge is -2.19. The first-order chi connectivity index (χ1) is 13.2. The predicted molar refractivity (Wildman–Crippen MR) is 107 cm³/mol. The molecule has 0 saturated carbocycles. The fraction of sp³-hybridized carbons (Fsp3) is 0.304. The first-order valence-electron chi connectivity index (χ1n) is 9.29. The molecule has 0 spiro atoms. The first kappa shape index (κ1) is 18.1. The third kappa shape index (κ3) is 3.61. The molecule has 3 nitrogen and oxygen atoms in total. The summed E-state index contributed by atoms with van der Waals surface area (Å²) >= 11 is 0. The monoisotopic (exact) mass is 366 g/mol. The Kier molecular flexibility index (Phi) is 5.21. The number of benzene rings is 4. The molecule has 0 aliphatic heterocycles. The largest absolute Gasteiger partial charge is 0.374 e. The summed E-state index contributed by atoms with van der Waals surface area (Å²) in [5, 5.41) is 7.48. The molecule has 4 rings (SSSR count). The van der Waals surface area contributed by atoms with Crippen LogP contribution in [0.3, 0.4) is 0 Å². The zero-order valence-corrected chi connectivity index (χ0v) is 15.6. The SMILES string of the molecule is CC(C)OC(COF)COCc1ccc2ccc3cccc4ccc1c2c34. The van der Waals surface area contributed by atoms with E-state index in [0.29, 0.717) is 6.61 Å². The Morgan fingerprint density at radius 1 is 0.815 bits per heavy atom. The summed E-state index contributed by atoms with van der Waals surface area (Å²) in [5.74, 6) is 0. The highest BCUT2D eigenvalue weighted by Gasteiger charge is 2.14. The highest BCUT2D eigenvalue weighted by molar-refractivity contribution is 6.23. The van der Waals surface area contributed by atoms with Crippen molar-refractivity contribution in [2.45, 2.75) is 32.7 Å². The van der Waals surface area contributed by atoms with Crippen molar-refractivity contribution < 1.29 is 18.9 Å². The van der Waals surface area contributed by atoms with Gasteiger partial charge in [0.05, 0.1) is 19.3 Å². The molecule has 0 saturated heterocycles. The summed E-state index contributed by atoms with van der Waals surface area (Å²) in [6, 6.07) is 19.3. The number of halogens is 1. The molecule has 0 radical (unpaired) electrons. The second kappa shape index (κ2) is 7.77. The van der Waals surface area contributed by atoms with Gasteiger partial charge in [-0.15, -0.1) is 0 Å². The molecular formula is C23H23FO3. The zero-order valence-electron chi connectivity index (χ0n) is 15.6. The van der Waals surface area contributed by atoms with Crippen molar-refractivity contribution in [2.75, 3.05) is 13.2 Å². The van der Waals surface area contributed by atoms with Crippen LogP contribution in [0.15, 0.2) is 54.6 Å². The van der Waals surface area contributed by atoms with Crippen LogP contribution in [0.2, 0.25) is 0 Å². The molecule has 1 atom stereocenters. The van der Waals surface area contributed by atoms with E-state index in [-0.39, 0.29) is 19.3 Å². The van der Waals surface area contributed by atoms with Crippen LogP contribution >= 0.6 is 0 Å². The van der Waals surface area contributed by atoms with Crippen LogP contribution in [-0.2, 0) is 21.0 Å². The van der Waals surface area contributed by atoms with Crippen molar-refractivity contribution in [1.82, 2.24) is 0 Å². The Bertz CT molecular complexity index is 1030. The van der Waals surface area contributed by atoms with Gasteiger partial charge in [0.2, 0.25) is 0 Å². The molecule has 0 N–H and O–H groups in total. The van der Waals surface area contributed by atoms with Crippen molar-refractivity contribution in [2.24, 2.45) is 0 Å². The van der Waals surface area contributed by atoms with Gasteiger partial charge in [-0.3, -0.25) is 0 Å². The second-order valence-corrected chi connectivity index (χ2v) is 7.18. The number of hydrogen-bond acceptors (Lipinski definition) is 3. The topological polar surface area (TPSA) is 27.7 Å². The number of rotatable bonds is 8. The molecule has 27 heavy (non-hydrogen) atoms. The second-order valence-electron chi connectivity index (χ2n) is 7.18. The molecule has 4 aromatic rings. The van der Waals surface area contributed by atoms with E-state index >= 15 is 0 Å². The Balaban J connectivity index is 1.62. The third-order valence-electron chi connectivity index (χ3n) is 4.89. The summed E-state index contributed by atoms with van der Waals surface area (Å²) in [4.78, 5) is 3.75.